The topological polar surface area (TPSA) is 83.5 Å². The van der Waals surface area contributed by atoms with Crippen molar-refractivity contribution < 1.29 is 17.8 Å². The van der Waals surface area contributed by atoms with Gasteiger partial charge in [0.15, 0.2) is 0 Å². The SMILES string of the molecule is CC(=O)CNCCCS(=O)(=O)O. The number of nitrogens with one attached hydrogen (secondary N) is 1. The summed E-state index contributed by atoms with van der Waals surface area (Å²) in [6.45, 7) is 2.10. The van der Waals surface area contributed by atoms with Crippen molar-refractivity contribution in [3.05, 3.63) is 0 Å². The highest BCUT2D eigenvalue weighted by Crippen LogP contribution is 1.85. The molecule has 0 aliphatic carbocycles. The summed E-state index contributed by atoms with van der Waals surface area (Å²) in [7, 11) is -3.85. The lowest BCUT2D eigenvalue weighted by Gasteiger charge is -1.99. The molecule has 0 aromatic carbocycles. The molecule has 0 spiro atoms. The van der Waals surface area contributed by atoms with E-state index in [4.69, 9.17) is 4.55 Å². The zero-order valence-electron chi connectivity index (χ0n) is 6.91. The van der Waals surface area contributed by atoms with Gasteiger partial charge in [0.2, 0.25) is 0 Å². The Kier molecular flexibility index (Phi) is 5.03. The minimum atomic E-state index is -3.85. The molecule has 0 saturated carbocycles. The van der Waals surface area contributed by atoms with Crippen LogP contribution in [0.25, 0.3) is 0 Å². The van der Waals surface area contributed by atoms with E-state index in [-0.39, 0.29) is 18.1 Å². The maximum Gasteiger partial charge on any atom is 0.264 e. The average molecular weight is 195 g/mol. The Bertz CT molecular complexity index is 234. The first kappa shape index (κ1) is 11.5. The fourth-order valence-electron chi connectivity index (χ4n) is 0.644. The van der Waals surface area contributed by atoms with Gasteiger partial charge in [0.05, 0.1) is 12.3 Å². The molecule has 0 aromatic rings. The van der Waals surface area contributed by atoms with Crippen LogP contribution < -0.4 is 5.32 Å². The third-order valence-corrected chi connectivity index (χ3v) is 1.93. The van der Waals surface area contributed by atoms with E-state index in [1.54, 1.807) is 0 Å². The van der Waals surface area contributed by atoms with Gasteiger partial charge in [0.25, 0.3) is 10.1 Å². The first-order chi connectivity index (χ1) is 5.42. The van der Waals surface area contributed by atoms with Crippen molar-refractivity contribution in [3.63, 3.8) is 0 Å². The monoisotopic (exact) mass is 195 g/mol. The minimum absolute atomic E-state index is 0.00172. The Morgan fingerprint density at radius 2 is 2.08 bits per heavy atom. The lowest BCUT2D eigenvalue weighted by molar-refractivity contribution is -0.116. The van der Waals surface area contributed by atoms with E-state index in [0.717, 1.165) is 0 Å². The van der Waals surface area contributed by atoms with Crippen molar-refractivity contribution in [2.45, 2.75) is 13.3 Å². The number of ketones is 1. The van der Waals surface area contributed by atoms with Crippen LogP contribution in [-0.2, 0) is 14.9 Å². The van der Waals surface area contributed by atoms with Crippen LogP contribution in [0, 0.1) is 0 Å². The molecule has 0 amide bonds. The standard InChI is InChI=1S/C6H13NO4S/c1-6(8)5-7-3-2-4-12(9,10)11/h7H,2-5H2,1H3,(H,9,10,11). The summed E-state index contributed by atoms with van der Waals surface area (Å²) in [5.41, 5.74) is 0. The Morgan fingerprint density at radius 1 is 1.50 bits per heavy atom. The molecule has 0 fully saturated rings. The van der Waals surface area contributed by atoms with Gasteiger partial charge in [-0.1, -0.05) is 0 Å². The maximum atomic E-state index is 10.4. The summed E-state index contributed by atoms with van der Waals surface area (Å²) >= 11 is 0. The van der Waals surface area contributed by atoms with Gasteiger partial charge in [0.1, 0.15) is 5.78 Å². The number of rotatable bonds is 6. The van der Waals surface area contributed by atoms with E-state index < -0.39 is 10.1 Å². The van der Waals surface area contributed by atoms with Gasteiger partial charge in [-0.05, 0) is 19.9 Å². The molecule has 0 radical (unpaired) electrons. The lowest BCUT2D eigenvalue weighted by atomic mass is 10.4. The van der Waals surface area contributed by atoms with Gasteiger partial charge < -0.3 is 5.32 Å². The predicted octanol–water partition coefficient (Wildman–Crippen LogP) is -0.557. The second kappa shape index (κ2) is 5.23. The molecule has 0 saturated heterocycles. The van der Waals surface area contributed by atoms with Gasteiger partial charge in [-0.15, -0.1) is 0 Å². The molecule has 0 aliphatic heterocycles. The van der Waals surface area contributed by atoms with Gasteiger partial charge in [0, 0.05) is 0 Å². The van der Waals surface area contributed by atoms with Crippen LogP contribution in [0.15, 0.2) is 0 Å². The molecular weight excluding hydrogens is 182 g/mol. The molecule has 0 heterocycles. The third kappa shape index (κ3) is 9.54. The van der Waals surface area contributed by atoms with Crippen molar-refractivity contribution in [1.29, 1.82) is 0 Å². The van der Waals surface area contributed by atoms with E-state index in [9.17, 15) is 13.2 Å². The summed E-state index contributed by atoms with van der Waals surface area (Å²) < 4.78 is 28.7. The highest BCUT2D eigenvalue weighted by Gasteiger charge is 2.02. The van der Waals surface area contributed by atoms with Crippen molar-refractivity contribution >= 4 is 15.9 Å². The van der Waals surface area contributed by atoms with Gasteiger partial charge in [-0.3, -0.25) is 9.35 Å². The highest BCUT2D eigenvalue weighted by molar-refractivity contribution is 7.85. The van der Waals surface area contributed by atoms with E-state index in [2.05, 4.69) is 5.32 Å². The second-order valence-electron chi connectivity index (χ2n) is 2.52. The molecule has 0 atom stereocenters. The van der Waals surface area contributed by atoms with E-state index >= 15 is 0 Å². The average Bonchev–Trinajstić information content (AvgIpc) is 1.83. The molecule has 6 heteroatoms. The van der Waals surface area contributed by atoms with Crippen molar-refractivity contribution in [2.75, 3.05) is 18.8 Å². The van der Waals surface area contributed by atoms with Crippen molar-refractivity contribution in [1.82, 2.24) is 5.32 Å². The molecule has 0 aromatic heterocycles. The largest absolute Gasteiger partial charge is 0.310 e. The summed E-state index contributed by atoms with van der Waals surface area (Å²) in [4.78, 5) is 10.4. The Morgan fingerprint density at radius 3 is 2.50 bits per heavy atom. The summed E-state index contributed by atoms with van der Waals surface area (Å²) in [6, 6.07) is 0. The summed E-state index contributed by atoms with van der Waals surface area (Å²) in [5.74, 6) is -0.264. The second-order valence-corrected chi connectivity index (χ2v) is 4.09. The van der Waals surface area contributed by atoms with Crippen LogP contribution in [0.1, 0.15) is 13.3 Å². The number of carbonyl (C=O) groups is 1. The van der Waals surface area contributed by atoms with E-state index in [1.165, 1.54) is 6.92 Å². The fourth-order valence-corrected chi connectivity index (χ4v) is 1.15. The van der Waals surface area contributed by atoms with Crippen LogP contribution in [0.3, 0.4) is 0 Å². The fraction of sp³-hybridized carbons (Fsp3) is 0.833. The minimum Gasteiger partial charge on any atom is -0.310 e. The first-order valence-corrected chi connectivity index (χ1v) is 5.18. The predicted molar refractivity (Wildman–Crippen MR) is 44.6 cm³/mol. The Balaban J connectivity index is 3.29. The van der Waals surface area contributed by atoms with Crippen LogP contribution in [0.5, 0.6) is 0 Å². The quantitative estimate of drug-likeness (QED) is 0.438. The Hall–Kier alpha value is -0.460. The van der Waals surface area contributed by atoms with Gasteiger partial charge in [-0.2, -0.15) is 8.42 Å². The third-order valence-electron chi connectivity index (χ3n) is 1.13. The molecule has 72 valence electrons. The summed E-state index contributed by atoms with van der Waals surface area (Å²) in [6.07, 6.45) is 0.312. The first-order valence-electron chi connectivity index (χ1n) is 3.57. The zero-order chi connectivity index (χ0) is 9.61. The van der Waals surface area contributed by atoms with E-state index in [0.29, 0.717) is 13.0 Å². The van der Waals surface area contributed by atoms with Gasteiger partial charge >= 0.3 is 0 Å². The number of hydrogen-bond acceptors (Lipinski definition) is 4. The maximum absolute atomic E-state index is 10.4. The number of Topliss-reactive ketones (excluding diaryl/α,β-unsaturated/α-hetero) is 1. The molecule has 12 heavy (non-hydrogen) atoms. The Labute approximate surface area is 71.9 Å². The molecule has 0 unspecified atom stereocenters. The zero-order valence-corrected chi connectivity index (χ0v) is 7.73. The van der Waals surface area contributed by atoms with Crippen LogP contribution in [0.2, 0.25) is 0 Å². The lowest BCUT2D eigenvalue weighted by Crippen LogP contribution is -2.23. The normalized spacial score (nSPS) is 11.5. The smallest absolute Gasteiger partial charge is 0.264 e. The van der Waals surface area contributed by atoms with Crippen molar-refractivity contribution in [2.24, 2.45) is 0 Å². The molecule has 2 N–H and O–H groups in total. The molecule has 0 aliphatic rings. The van der Waals surface area contributed by atoms with Gasteiger partial charge in [-0.25, -0.2) is 0 Å². The molecular formula is C6H13NO4S. The number of hydrogen-bond donors (Lipinski definition) is 2. The molecule has 5 nitrogen and oxygen atoms in total. The highest BCUT2D eigenvalue weighted by atomic mass is 32.2. The van der Waals surface area contributed by atoms with Crippen LogP contribution in [0.4, 0.5) is 0 Å². The summed E-state index contributed by atoms with van der Waals surface area (Å²) in [5, 5.41) is 2.73. The van der Waals surface area contributed by atoms with E-state index in [1.807, 2.05) is 0 Å². The van der Waals surface area contributed by atoms with Crippen molar-refractivity contribution in [3.8, 4) is 0 Å². The van der Waals surface area contributed by atoms with Crippen LogP contribution in [-0.4, -0.2) is 37.6 Å². The molecule has 0 rings (SSSR count). The number of carbonyl (C=O) groups excluding carboxylic acids is 1. The molecule has 0 bridgehead atoms. The van der Waals surface area contributed by atoms with Crippen LogP contribution >= 0.6 is 0 Å².